The Labute approximate surface area is 164 Å². The maximum atomic E-state index is 11.9. The van der Waals surface area contributed by atoms with Gasteiger partial charge in [-0.05, 0) is 44.1 Å². The summed E-state index contributed by atoms with van der Waals surface area (Å²) in [6.07, 6.45) is 3.81. The minimum Gasteiger partial charge on any atom is -0.445 e. The first-order valence-electron chi connectivity index (χ1n) is 9.31. The highest BCUT2D eigenvalue weighted by Gasteiger charge is 2.22. The van der Waals surface area contributed by atoms with Crippen LogP contribution >= 0.6 is 11.6 Å². The van der Waals surface area contributed by atoms with Gasteiger partial charge in [0.25, 0.3) is 0 Å². The SMILES string of the molecule is Cc1nc(Cl)cc(NC2CCC(CNC(=O)OCc3ccccc3)CC2)n1. The maximum absolute atomic E-state index is 11.9. The van der Waals surface area contributed by atoms with Gasteiger partial charge in [0.15, 0.2) is 0 Å². The highest BCUT2D eigenvalue weighted by Crippen LogP contribution is 2.26. The summed E-state index contributed by atoms with van der Waals surface area (Å²) in [4.78, 5) is 20.3. The van der Waals surface area contributed by atoms with Gasteiger partial charge in [-0.1, -0.05) is 41.9 Å². The van der Waals surface area contributed by atoms with Gasteiger partial charge in [0, 0.05) is 18.7 Å². The lowest BCUT2D eigenvalue weighted by atomic mass is 9.86. The predicted octanol–water partition coefficient (Wildman–Crippen LogP) is 4.34. The number of carbonyl (C=O) groups excluding carboxylic acids is 1. The Morgan fingerprint density at radius 3 is 2.63 bits per heavy atom. The largest absolute Gasteiger partial charge is 0.445 e. The summed E-state index contributed by atoms with van der Waals surface area (Å²) in [5.41, 5.74) is 0.985. The molecule has 1 fully saturated rings. The zero-order valence-corrected chi connectivity index (χ0v) is 16.2. The van der Waals surface area contributed by atoms with Crippen molar-refractivity contribution in [3.8, 4) is 0 Å². The number of rotatable bonds is 6. The third kappa shape index (κ3) is 6.40. The summed E-state index contributed by atoms with van der Waals surface area (Å²) in [5.74, 6) is 1.92. The summed E-state index contributed by atoms with van der Waals surface area (Å²) < 4.78 is 5.25. The summed E-state index contributed by atoms with van der Waals surface area (Å²) >= 11 is 5.98. The fourth-order valence-corrected chi connectivity index (χ4v) is 3.55. The van der Waals surface area contributed by atoms with Crippen LogP contribution < -0.4 is 10.6 Å². The summed E-state index contributed by atoms with van der Waals surface area (Å²) in [6.45, 7) is 2.78. The molecule has 2 aromatic rings. The van der Waals surface area contributed by atoms with Crippen LogP contribution in [0.15, 0.2) is 36.4 Å². The highest BCUT2D eigenvalue weighted by molar-refractivity contribution is 6.29. The van der Waals surface area contributed by atoms with Crippen molar-refractivity contribution in [3.05, 3.63) is 52.9 Å². The van der Waals surface area contributed by atoms with Gasteiger partial charge in [-0.3, -0.25) is 0 Å². The molecule has 0 unspecified atom stereocenters. The molecule has 1 aromatic heterocycles. The van der Waals surface area contributed by atoms with Crippen LogP contribution in [0.1, 0.15) is 37.1 Å². The Kier molecular flexibility index (Phi) is 6.87. The van der Waals surface area contributed by atoms with E-state index in [-0.39, 0.29) is 6.09 Å². The molecule has 1 heterocycles. The van der Waals surface area contributed by atoms with Crippen LogP contribution in [0, 0.1) is 12.8 Å². The minimum atomic E-state index is -0.356. The average molecular weight is 389 g/mol. The lowest BCUT2D eigenvalue weighted by molar-refractivity contribution is 0.136. The molecule has 2 N–H and O–H groups in total. The molecule has 1 aliphatic carbocycles. The fourth-order valence-electron chi connectivity index (χ4n) is 3.33. The van der Waals surface area contributed by atoms with Gasteiger partial charge < -0.3 is 15.4 Å². The van der Waals surface area contributed by atoms with Crippen LogP contribution in [0.4, 0.5) is 10.6 Å². The normalized spacial score (nSPS) is 19.3. The Hall–Kier alpha value is -2.34. The molecule has 144 valence electrons. The molecule has 0 saturated heterocycles. The highest BCUT2D eigenvalue weighted by atomic mass is 35.5. The molecule has 3 rings (SSSR count). The molecule has 7 heteroatoms. The first-order valence-corrected chi connectivity index (χ1v) is 9.68. The van der Waals surface area contributed by atoms with Gasteiger partial charge in [0.05, 0.1) is 0 Å². The van der Waals surface area contributed by atoms with Crippen molar-refractivity contribution in [2.75, 3.05) is 11.9 Å². The van der Waals surface area contributed by atoms with Gasteiger partial charge in [-0.25, -0.2) is 14.8 Å². The standard InChI is InChI=1S/C20H25ClN4O2/c1-14-23-18(21)11-19(24-14)25-17-9-7-15(8-10-17)12-22-20(26)27-13-16-5-3-2-4-6-16/h2-6,11,15,17H,7-10,12-13H2,1H3,(H,22,26)(H,23,24,25). The number of nitrogens with one attached hydrogen (secondary N) is 2. The number of aryl methyl sites for hydroxylation is 1. The molecular weight excluding hydrogens is 364 g/mol. The van der Waals surface area contributed by atoms with E-state index >= 15 is 0 Å². The number of hydrogen-bond acceptors (Lipinski definition) is 5. The fraction of sp³-hybridized carbons (Fsp3) is 0.450. The van der Waals surface area contributed by atoms with Crippen molar-refractivity contribution in [3.63, 3.8) is 0 Å². The Morgan fingerprint density at radius 1 is 1.19 bits per heavy atom. The second-order valence-corrected chi connectivity index (χ2v) is 7.31. The molecule has 1 amide bonds. The number of alkyl carbamates (subject to hydrolysis) is 1. The smallest absolute Gasteiger partial charge is 0.407 e. The third-order valence-electron chi connectivity index (χ3n) is 4.75. The van der Waals surface area contributed by atoms with Crippen LogP contribution in [0.3, 0.4) is 0 Å². The summed E-state index contributed by atoms with van der Waals surface area (Å²) in [6, 6.07) is 11.8. The first-order chi connectivity index (χ1) is 13.1. The van der Waals surface area contributed by atoms with Gasteiger partial charge in [-0.2, -0.15) is 0 Å². The summed E-state index contributed by atoms with van der Waals surface area (Å²) in [5, 5.41) is 6.78. The number of benzene rings is 1. The van der Waals surface area contributed by atoms with E-state index in [0.29, 0.717) is 36.1 Å². The Bertz CT molecular complexity index is 729. The zero-order chi connectivity index (χ0) is 19.1. The quantitative estimate of drug-likeness (QED) is 0.720. The number of halogens is 1. The molecule has 27 heavy (non-hydrogen) atoms. The first kappa shape index (κ1) is 19.4. The van der Waals surface area contributed by atoms with Crippen LogP contribution in [0.25, 0.3) is 0 Å². The van der Waals surface area contributed by atoms with Crippen LogP contribution in [0.5, 0.6) is 0 Å². The second-order valence-electron chi connectivity index (χ2n) is 6.93. The second kappa shape index (κ2) is 9.55. The van der Waals surface area contributed by atoms with Crippen LogP contribution in [0.2, 0.25) is 5.15 Å². The minimum absolute atomic E-state index is 0.296. The molecule has 1 saturated carbocycles. The van der Waals surface area contributed by atoms with E-state index in [1.807, 2.05) is 37.3 Å². The number of nitrogens with zero attached hydrogens (tertiary/aromatic N) is 2. The van der Waals surface area contributed by atoms with Crippen LogP contribution in [-0.2, 0) is 11.3 Å². The van der Waals surface area contributed by atoms with Crippen molar-refractivity contribution >= 4 is 23.5 Å². The zero-order valence-electron chi connectivity index (χ0n) is 15.5. The third-order valence-corrected chi connectivity index (χ3v) is 4.95. The Balaban J connectivity index is 1.35. The summed E-state index contributed by atoms with van der Waals surface area (Å²) in [7, 11) is 0. The number of aromatic nitrogens is 2. The number of amides is 1. The molecule has 6 nitrogen and oxygen atoms in total. The van der Waals surface area contributed by atoms with Crippen molar-refractivity contribution in [2.24, 2.45) is 5.92 Å². The molecule has 0 atom stereocenters. The monoisotopic (exact) mass is 388 g/mol. The number of carbonyl (C=O) groups is 1. The van der Waals surface area contributed by atoms with E-state index in [2.05, 4.69) is 20.6 Å². The van der Waals surface area contributed by atoms with Gasteiger partial charge in [0.2, 0.25) is 0 Å². The van der Waals surface area contributed by atoms with Crippen molar-refractivity contribution in [2.45, 2.75) is 45.3 Å². The maximum Gasteiger partial charge on any atom is 0.407 e. The van der Waals surface area contributed by atoms with E-state index in [1.54, 1.807) is 6.07 Å². The van der Waals surface area contributed by atoms with E-state index < -0.39 is 0 Å². The van der Waals surface area contributed by atoms with Crippen LogP contribution in [-0.4, -0.2) is 28.6 Å². The molecule has 0 radical (unpaired) electrons. The number of anilines is 1. The van der Waals surface area contributed by atoms with Gasteiger partial charge >= 0.3 is 6.09 Å². The van der Waals surface area contributed by atoms with E-state index in [1.165, 1.54) is 0 Å². The molecule has 1 aromatic carbocycles. The number of hydrogen-bond donors (Lipinski definition) is 2. The lowest BCUT2D eigenvalue weighted by Crippen LogP contribution is -2.34. The van der Waals surface area contributed by atoms with Crippen molar-refractivity contribution in [1.82, 2.24) is 15.3 Å². The van der Waals surface area contributed by atoms with Gasteiger partial charge in [-0.15, -0.1) is 0 Å². The molecular formula is C20H25ClN4O2. The van der Waals surface area contributed by atoms with Crippen molar-refractivity contribution < 1.29 is 9.53 Å². The Morgan fingerprint density at radius 2 is 1.93 bits per heavy atom. The molecule has 1 aliphatic rings. The van der Waals surface area contributed by atoms with E-state index in [9.17, 15) is 4.79 Å². The number of ether oxygens (including phenoxy) is 1. The molecule has 0 aliphatic heterocycles. The molecule has 0 spiro atoms. The molecule has 0 bridgehead atoms. The average Bonchev–Trinajstić information content (AvgIpc) is 2.66. The predicted molar refractivity (Wildman–Crippen MR) is 106 cm³/mol. The lowest BCUT2D eigenvalue weighted by Gasteiger charge is -2.29. The van der Waals surface area contributed by atoms with E-state index in [0.717, 1.165) is 37.1 Å². The van der Waals surface area contributed by atoms with Crippen molar-refractivity contribution in [1.29, 1.82) is 0 Å². The van der Waals surface area contributed by atoms with Gasteiger partial charge in [0.1, 0.15) is 23.4 Å². The van der Waals surface area contributed by atoms with E-state index in [4.69, 9.17) is 16.3 Å². The topological polar surface area (TPSA) is 76.1 Å².